The first-order valence-electron chi connectivity index (χ1n) is 13.9. The van der Waals surface area contributed by atoms with Crippen LogP contribution in [0.1, 0.15) is 59.7 Å². The van der Waals surface area contributed by atoms with Gasteiger partial charge in [0.2, 0.25) is 0 Å². The van der Waals surface area contributed by atoms with Crippen molar-refractivity contribution in [3.05, 3.63) is 70.4 Å². The Hall–Kier alpha value is -3.80. The fourth-order valence-electron chi connectivity index (χ4n) is 5.86. The molecule has 2 fully saturated rings. The molecular formula is C29H30ClN7O4. The van der Waals surface area contributed by atoms with Crippen LogP contribution in [0.4, 0.5) is 0 Å². The highest BCUT2D eigenvalue weighted by molar-refractivity contribution is 6.30. The smallest absolute Gasteiger partial charge is 0.292 e. The molecule has 3 aliphatic rings. The molecule has 3 aromatic heterocycles. The molecule has 0 aliphatic carbocycles. The Morgan fingerprint density at radius 1 is 1.15 bits per heavy atom. The third-order valence-electron chi connectivity index (χ3n) is 8.20. The molecule has 0 saturated carbocycles. The summed E-state index contributed by atoms with van der Waals surface area (Å²) in [4.78, 5) is 23.3. The second-order valence-corrected chi connectivity index (χ2v) is 11.4. The number of para-hydroxylation sites is 1. The Bertz CT molecular complexity index is 1620. The third-order valence-corrected chi connectivity index (χ3v) is 8.42. The summed E-state index contributed by atoms with van der Waals surface area (Å²) in [6.07, 6.45) is 4.66. The summed E-state index contributed by atoms with van der Waals surface area (Å²) < 4.78 is 20.5. The molecule has 212 valence electrons. The van der Waals surface area contributed by atoms with Gasteiger partial charge in [0.1, 0.15) is 17.0 Å². The molecule has 0 radical (unpaired) electrons. The van der Waals surface area contributed by atoms with E-state index < -0.39 is 11.7 Å². The van der Waals surface area contributed by atoms with Crippen molar-refractivity contribution in [2.75, 3.05) is 19.7 Å². The number of imidazole rings is 1. The summed E-state index contributed by atoms with van der Waals surface area (Å²) in [5.41, 5.74) is 8.62. The maximum atomic E-state index is 11.7. The Balaban J connectivity index is 1.07. The van der Waals surface area contributed by atoms with E-state index in [4.69, 9.17) is 36.5 Å². The van der Waals surface area contributed by atoms with Crippen LogP contribution in [0.15, 0.2) is 42.6 Å². The number of piperidine rings is 1. The van der Waals surface area contributed by atoms with Crippen molar-refractivity contribution >= 4 is 28.7 Å². The lowest BCUT2D eigenvalue weighted by molar-refractivity contribution is -0.0722. The largest absolute Gasteiger partial charge is 0.443 e. The summed E-state index contributed by atoms with van der Waals surface area (Å²) in [6, 6.07) is 11.3. The van der Waals surface area contributed by atoms with Gasteiger partial charge < -0.3 is 24.5 Å². The average Bonchev–Trinajstić information content (AvgIpc) is 3.47. The number of likely N-dealkylation sites (tertiary alicyclic amines) is 1. The predicted octanol–water partition coefficient (Wildman–Crippen LogP) is 3.79. The molecule has 6 heterocycles. The quantitative estimate of drug-likeness (QED) is 0.350. The SMILES string of the molecule is C[C@]1(c2ccc(Cl)cn2)Oc2cccc(C3CCN(Cc4nc5cc(C(N)=O)nnc5n4C[C@@H]4CCO4)CC3)c2O1. The molecule has 0 bridgehead atoms. The molecular weight excluding hydrogens is 546 g/mol. The number of aromatic nitrogens is 5. The molecule has 11 nitrogen and oxygen atoms in total. The molecule has 2 atom stereocenters. The van der Waals surface area contributed by atoms with E-state index in [1.807, 2.05) is 25.1 Å². The van der Waals surface area contributed by atoms with Crippen molar-refractivity contribution < 1.29 is 19.0 Å². The Labute approximate surface area is 241 Å². The topological polar surface area (TPSA) is 131 Å². The van der Waals surface area contributed by atoms with Gasteiger partial charge in [-0.05, 0) is 56.5 Å². The van der Waals surface area contributed by atoms with Crippen LogP contribution in [0.5, 0.6) is 11.5 Å². The zero-order valence-corrected chi connectivity index (χ0v) is 23.4. The molecule has 12 heteroatoms. The molecule has 2 N–H and O–H groups in total. The number of amides is 1. The highest BCUT2D eigenvalue weighted by Gasteiger charge is 2.42. The van der Waals surface area contributed by atoms with Crippen LogP contribution < -0.4 is 15.2 Å². The number of ether oxygens (including phenoxy) is 3. The van der Waals surface area contributed by atoms with Gasteiger partial charge in [0.25, 0.3) is 11.7 Å². The molecule has 41 heavy (non-hydrogen) atoms. The standard InChI is InChI=1S/C29H30ClN7O4/c1-29(24-6-5-18(30)14-32-24)40-23-4-2-3-20(26(23)41-29)17-7-10-36(11-8-17)16-25-33-22-13-21(27(31)38)34-35-28(22)37(25)15-19-9-12-39-19/h2-6,13-14,17,19H,7-12,15-16H2,1H3,(H2,31,38)/t19-,29-/m0/s1. The minimum absolute atomic E-state index is 0.110. The first-order chi connectivity index (χ1) is 19.9. The van der Waals surface area contributed by atoms with E-state index in [0.717, 1.165) is 61.8 Å². The Morgan fingerprint density at radius 3 is 2.68 bits per heavy atom. The van der Waals surface area contributed by atoms with E-state index in [0.29, 0.717) is 40.9 Å². The summed E-state index contributed by atoms with van der Waals surface area (Å²) in [6.45, 7) is 5.76. The van der Waals surface area contributed by atoms with Gasteiger partial charge in [-0.25, -0.2) is 4.98 Å². The number of primary amides is 1. The monoisotopic (exact) mass is 575 g/mol. The van der Waals surface area contributed by atoms with Crippen LogP contribution in [-0.2, 0) is 23.6 Å². The van der Waals surface area contributed by atoms with Gasteiger partial charge in [0.15, 0.2) is 22.8 Å². The number of pyridine rings is 1. The van der Waals surface area contributed by atoms with Gasteiger partial charge in [0, 0.05) is 31.4 Å². The van der Waals surface area contributed by atoms with Crippen LogP contribution in [0.2, 0.25) is 5.02 Å². The Kier molecular flexibility index (Phi) is 6.52. The molecule has 1 amide bonds. The lowest BCUT2D eigenvalue weighted by Crippen LogP contribution is -2.35. The molecule has 7 rings (SSSR count). The second-order valence-electron chi connectivity index (χ2n) is 11.0. The van der Waals surface area contributed by atoms with E-state index in [9.17, 15) is 4.79 Å². The summed E-state index contributed by atoms with van der Waals surface area (Å²) in [7, 11) is 0. The van der Waals surface area contributed by atoms with Crippen molar-refractivity contribution in [1.29, 1.82) is 0 Å². The number of fused-ring (bicyclic) bond motifs is 2. The highest BCUT2D eigenvalue weighted by atomic mass is 35.5. The molecule has 3 aliphatic heterocycles. The number of carbonyl (C=O) groups is 1. The highest BCUT2D eigenvalue weighted by Crippen LogP contribution is 2.49. The lowest BCUT2D eigenvalue weighted by atomic mass is 9.88. The van der Waals surface area contributed by atoms with E-state index in [-0.39, 0.29) is 11.8 Å². The molecule has 1 aromatic carbocycles. The zero-order chi connectivity index (χ0) is 28.1. The Morgan fingerprint density at radius 2 is 1.98 bits per heavy atom. The maximum absolute atomic E-state index is 11.7. The van der Waals surface area contributed by atoms with Gasteiger partial charge in [0.05, 0.1) is 24.2 Å². The van der Waals surface area contributed by atoms with Crippen LogP contribution >= 0.6 is 11.6 Å². The lowest BCUT2D eigenvalue weighted by Gasteiger charge is -2.33. The summed E-state index contributed by atoms with van der Waals surface area (Å²) in [5, 5.41) is 8.87. The van der Waals surface area contributed by atoms with Gasteiger partial charge in [-0.15, -0.1) is 10.2 Å². The number of nitrogens with zero attached hydrogens (tertiary/aromatic N) is 6. The van der Waals surface area contributed by atoms with Gasteiger partial charge >= 0.3 is 0 Å². The number of hydrogen-bond donors (Lipinski definition) is 1. The van der Waals surface area contributed by atoms with E-state index >= 15 is 0 Å². The maximum Gasteiger partial charge on any atom is 0.292 e. The van der Waals surface area contributed by atoms with Crippen LogP contribution in [0, 0.1) is 0 Å². The summed E-state index contributed by atoms with van der Waals surface area (Å²) >= 11 is 6.04. The number of halogens is 1. The molecule has 0 spiro atoms. The van der Waals surface area contributed by atoms with Crippen molar-refractivity contribution in [3.8, 4) is 11.5 Å². The van der Waals surface area contributed by atoms with Gasteiger partial charge in [-0.2, -0.15) is 0 Å². The van der Waals surface area contributed by atoms with Crippen molar-refractivity contribution in [2.24, 2.45) is 5.73 Å². The van der Waals surface area contributed by atoms with E-state index in [1.165, 1.54) is 0 Å². The van der Waals surface area contributed by atoms with Crippen molar-refractivity contribution in [3.63, 3.8) is 0 Å². The fourth-order valence-corrected chi connectivity index (χ4v) is 5.97. The third kappa shape index (κ3) is 4.87. The van der Waals surface area contributed by atoms with E-state index in [2.05, 4.69) is 30.7 Å². The first kappa shape index (κ1) is 26.1. The number of hydrogen-bond acceptors (Lipinski definition) is 9. The van der Waals surface area contributed by atoms with E-state index in [1.54, 1.807) is 18.3 Å². The summed E-state index contributed by atoms with van der Waals surface area (Å²) in [5.74, 6) is 1.10. The molecule has 4 aromatic rings. The molecule has 2 saturated heterocycles. The van der Waals surface area contributed by atoms with Crippen LogP contribution in [0.3, 0.4) is 0 Å². The fraction of sp³-hybridized carbons (Fsp3) is 0.414. The first-order valence-corrected chi connectivity index (χ1v) is 14.2. The number of rotatable bonds is 7. The van der Waals surface area contributed by atoms with Gasteiger partial charge in [-0.1, -0.05) is 23.7 Å². The van der Waals surface area contributed by atoms with Gasteiger partial charge in [-0.3, -0.25) is 14.7 Å². The predicted molar refractivity (Wildman–Crippen MR) is 150 cm³/mol. The average molecular weight is 576 g/mol. The van der Waals surface area contributed by atoms with Crippen LogP contribution in [0.25, 0.3) is 11.2 Å². The zero-order valence-electron chi connectivity index (χ0n) is 22.6. The van der Waals surface area contributed by atoms with Crippen molar-refractivity contribution in [2.45, 2.75) is 57.1 Å². The van der Waals surface area contributed by atoms with Crippen LogP contribution in [-0.4, -0.2) is 61.3 Å². The number of nitrogens with two attached hydrogens (primary N) is 1. The second kappa shape index (κ2) is 10.2. The minimum atomic E-state index is -1.01. The minimum Gasteiger partial charge on any atom is -0.443 e. The number of benzene rings is 1. The molecule has 0 unspecified atom stereocenters. The van der Waals surface area contributed by atoms with Crippen molar-refractivity contribution in [1.82, 2.24) is 29.6 Å². The normalized spacial score (nSPS) is 22.6. The number of carbonyl (C=O) groups excluding carboxylic acids is 1.